The topological polar surface area (TPSA) is 282 Å². The van der Waals surface area contributed by atoms with Gasteiger partial charge in [-0.2, -0.15) is 10.2 Å². The fourth-order valence-corrected chi connectivity index (χ4v) is 15.9. The Morgan fingerprint density at radius 2 is 0.627 bits per heavy atom. The second-order valence-electron chi connectivity index (χ2n) is 29.2. The van der Waals surface area contributed by atoms with Gasteiger partial charge in [0, 0.05) is 82.7 Å². The number of nitrogens with one attached hydrogen (secondary N) is 4. The van der Waals surface area contributed by atoms with Crippen molar-refractivity contribution in [2.45, 2.75) is 65.7 Å². The van der Waals surface area contributed by atoms with Gasteiger partial charge in [-0.15, -0.1) is 0 Å². The predicted octanol–water partition coefficient (Wildman–Crippen LogP) is 18.8. The third-order valence-corrected chi connectivity index (χ3v) is 22.2. The van der Waals surface area contributed by atoms with E-state index in [0.717, 1.165) is 33.5 Å². The number of amides is 2. The van der Waals surface area contributed by atoms with Gasteiger partial charge in [-0.1, -0.05) is 144 Å². The van der Waals surface area contributed by atoms with Crippen molar-refractivity contribution >= 4 is 124 Å². The molecule has 4 atom stereocenters. The molecule has 2 amide bonds. The predicted molar refractivity (Wildman–Crippen MR) is 491 cm³/mol. The second kappa shape index (κ2) is 37.4. The number of pyridine rings is 4. The summed E-state index contributed by atoms with van der Waals surface area (Å²) >= 11 is 25.4. The number of aromatic nitrogens is 14. The van der Waals surface area contributed by atoms with Gasteiger partial charge in [0.05, 0.1) is 101 Å². The van der Waals surface area contributed by atoms with Gasteiger partial charge in [-0.05, 0) is 209 Å². The van der Waals surface area contributed by atoms with Gasteiger partial charge < -0.3 is 21.3 Å². The van der Waals surface area contributed by atoms with Crippen molar-refractivity contribution < 1.29 is 18.4 Å². The Hall–Kier alpha value is -15.0. The van der Waals surface area contributed by atoms with Crippen LogP contribution < -0.4 is 43.5 Å². The number of nitrogens with zero attached hydrogens (tertiary/aromatic N) is 14. The summed E-state index contributed by atoms with van der Waals surface area (Å²) in [5.41, 5.74) is 9.65. The number of rotatable bonds is 18. The molecule has 0 saturated carbocycles. The molecule has 0 bridgehead atoms. The SMILES string of the molecule is C=C(N[C@@H](C)c1cc2cccc(Cl)c2c(=O)n1-c1ccc(F)cc1)c1cnc2cccnn12.C=C(N[C@@H](C)c1cc2cccc(Cl)c2c(=O)n1-c1ccccc1)c1cnc2cccnn12.Cc1nccnc1C(=O)N[C@@H](C)c1cc2cccc(Cl)c2c(=O)n1-c1ccc(F)cc1.Cc1nccnc1C(=O)N[C@@H](C)c1cc2cccc(Cl)c2c(=O)n1-c1ccccc1. The van der Waals surface area contributed by atoms with Crippen LogP contribution in [0.4, 0.5) is 8.78 Å². The van der Waals surface area contributed by atoms with E-state index in [9.17, 15) is 37.5 Å². The van der Waals surface area contributed by atoms with Crippen LogP contribution in [0, 0.1) is 25.5 Å². The monoisotopic (exact) mass is 1750 g/mol. The largest absolute Gasteiger partial charge is 0.376 e. The van der Waals surface area contributed by atoms with Crippen LogP contribution in [0.3, 0.4) is 0 Å². The van der Waals surface area contributed by atoms with Gasteiger partial charge in [-0.25, -0.2) is 37.7 Å². The highest BCUT2D eigenvalue weighted by molar-refractivity contribution is 6.37. The average molecular weight is 1760 g/mol. The Morgan fingerprint density at radius 3 is 0.929 bits per heavy atom. The average Bonchev–Trinajstić information content (AvgIpc) is 1.02. The fraction of sp³-hybridized carbons (Fsp3) is 0.104. The Morgan fingerprint density at radius 1 is 0.341 bits per heavy atom. The number of hydrogen-bond donors (Lipinski definition) is 4. The first kappa shape index (κ1) is 86.0. The third-order valence-electron chi connectivity index (χ3n) is 20.9. The summed E-state index contributed by atoms with van der Waals surface area (Å²) in [6.07, 6.45) is 12.8. The standard InChI is InChI=1S/C25H19ClFN5O.C25H20ClN5O.C23H18ClFN4O2.C23H19ClN4O2/c1-15(30-16(2)22-14-28-23-7-4-12-29-32(22)23)21-13-17-5-3-6-20(26)24(17)25(33)31(21)19-10-8-18(27)9-11-19;1-16(29-17(2)22-15-27-23-12-7-13-28-31(22)23)21-14-18-8-6-11-20(26)24(18)25(32)30(21)19-9-4-3-5-10-19;1-13(28-22(30)21-14(2)26-10-11-27-21)19-12-15-4-3-5-18(24)20(15)23(31)29(19)17-8-6-16(25)7-9-17;1-14(27-22(29)21-15(2)25-11-12-26-21)19-13-16-7-6-10-18(24)20(16)23(30)28(19)17-8-4-3-5-9-17/h3-15,30H,2H2,1H3;3-16,29H,2H2,1H3;3-13H,1-2H3,(H,28,30);3-14H,1-2H3,(H,27,29)/t15-;16-;13-;14-/m0000/s1. The summed E-state index contributed by atoms with van der Waals surface area (Å²) < 4.78 is 36.8. The van der Waals surface area contributed by atoms with Gasteiger partial charge in [0.15, 0.2) is 11.3 Å². The van der Waals surface area contributed by atoms with Crippen molar-refractivity contribution in [2.75, 3.05) is 0 Å². The number of aryl methyl sites for hydroxylation is 2. The number of halogens is 6. The molecule has 18 rings (SSSR count). The van der Waals surface area contributed by atoms with E-state index < -0.39 is 23.8 Å². The molecule has 8 aromatic carbocycles. The Balaban J connectivity index is 0.000000130. The molecule has 10 heterocycles. The van der Waals surface area contributed by atoms with Crippen molar-refractivity contribution in [3.05, 3.63) is 423 Å². The van der Waals surface area contributed by atoms with Crippen molar-refractivity contribution in [2.24, 2.45) is 0 Å². The minimum absolute atomic E-state index is 0.162. The van der Waals surface area contributed by atoms with Gasteiger partial charge in [-0.3, -0.25) is 57.0 Å². The molecule has 4 N–H and O–H groups in total. The lowest BCUT2D eigenvalue weighted by atomic mass is 10.1. The zero-order valence-corrected chi connectivity index (χ0v) is 71.3. The third kappa shape index (κ3) is 17.8. The van der Waals surface area contributed by atoms with Gasteiger partial charge in [0.25, 0.3) is 34.1 Å². The zero-order chi connectivity index (χ0) is 88.7. The minimum Gasteiger partial charge on any atom is -0.376 e. The molecular weight excluding hydrogens is 1680 g/mol. The van der Waals surface area contributed by atoms with E-state index in [1.165, 1.54) is 65.8 Å². The summed E-state index contributed by atoms with van der Waals surface area (Å²) in [6.45, 7) is 19.3. The van der Waals surface area contributed by atoms with E-state index >= 15 is 0 Å². The summed E-state index contributed by atoms with van der Waals surface area (Å²) in [6, 6.07) is 64.8. The van der Waals surface area contributed by atoms with Crippen LogP contribution in [0.15, 0.2) is 312 Å². The van der Waals surface area contributed by atoms with Gasteiger partial charge >= 0.3 is 0 Å². The molecule has 0 fully saturated rings. The summed E-state index contributed by atoms with van der Waals surface area (Å²) in [4.78, 5) is 105. The van der Waals surface area contributed by atoms with Crippen LogP contribution in [0.1, 0.15) is 118 Å². The van der Waals surface area contributed by atoms with Crippen LogP contribution in [0.5, 0.6) is 0 Å². The number of carbonyl (C=O) groups is 2. The molecule has 0 radical (unpaired) electrons. The number of fused-ring (bicyclic) bond motifs is 6. The quantitative estimate of drug-likeness (QED) is 0.0621. The molecule has 24 nitrogen and oxygen atoms in total. The lowest BCUT2D eigenvalue weighted by Gasteiger charge is -2.22. The van der Waals surface area contributed by atoms with Crippen LogP contribution >= 0.6 is 46.4 Å². The maximum atomic E-state index is 13.6. The van der Waals surface area contributed by atoms with Gasteiger partial charge in [0.1, 0.15) is 34.4 Å². The summed E-state index contributed by atoms with van der Waals surface area (Å²) in [5.74, 6) is -1.57. The van der Waals surface area contributed by atoms with Crippen molar-refractivity contribution in [3.63, 3.8) is 0 Å². The highest BCUT2D eigenvalue weighted by atomic mass is 35.5. The molecule has 0 aliphatic carbocycles. The van der Waals surface area contributed by atoms with Crippen LogP contribution in [-0.2, 0) is 0 Å². The van der Waals surface area contributed by atoms with E-state index in [0.29, 0.717) is 121 Å². The highest BCUT2D eigenvalue weighted by Gasteiger charge is 2.27. The first-order valence-electron chi connectivity index (χ1n) is 39.5. The van der Waals surface area contributed by atoms with E-state index in [1.807, 2.05) is 148 Å². The summed E-state index contributed by atoms with van der Waals surface area (Å²) in [7, 11) is 0. The lowest BCUT2D eigenvalue weighted by Crippen LogP contribution is -2.33. The molecule has 18 aromatic rings. The van der Waals surface area contributed by atoms with Crippen molar-refractivity contribution in [1.29, 1.82) is 0 Å². The minimum atomic E-state index is -0.574. The first-order valence-corrected chi connectivity index (χ1v) is 41.0. The van der Waals surface area contributed by atoms with E-state index in [4.69, 9.17) is 46.4 Å². The number of hydrogen-bond acceptors (Lipinski definition) is 16. The molecule has 0 aliphatic heterocycles. The lowest BCUT2D eigenvalue weighted by molar-refractivity contribution is 0.0924. The number of carbonyl (C=O) groups excluding carboxylic acids is 2. The van der Waals surface area contributed by atoms with Gasteiger partial charge in [0.2, 0.25) is 0 Å². The molecule has 0 saturated heterocycles. The van der Waals surface area contributed by atoms with Crippen LogP contribution in [0.2, 0.25) is 20.1 Å². The molecule has 30 heteroatoms. The Kier molecular flexibility index (Phi) is 25.5. The molecule has 0 aliphatic rings. The Bertz CT molecular complexity index is 7520. The molecule has 0 spiro atoms. The molecule has 10 aromatic heterocycles. The fourth-order valence-electron chi connectivity index (χ4n) is 14.9. The molecule has 126 heavy (non-hydrogen) atoms. The molecular formula is C96H76Cl4F2N18O6. The summed E-state index contributed by atoms with van der Waals surface area (Å²) in [5, 5.41) is 27.3. The molecule has 0 unspecified atom stereocenters. The first-order chi connectivity index (χ1) is 60.8. The second-order valence-corrected chi connectivity index (χ2v) is 30.8. The van der Waals surface area contributed by atoms with Crippen LogP contribution in [0.25, 0.3) is 88.5 Å². The maximum absolute atomic E-state index is 13.6. The zero-order valence-electron chi connectivity index (χ0n) is 68.3. The van der Waals surface area contributed by atoms with E-state index in [-0.39, 0.29) is 57.4 Å². The molecule has 628 valence electrons. The Labute approximate surface area is 738 Å². The smallest absolute Gasteiger partial charge is 0.272 e. The highest BCUT2D eigenvalue weighted by Crippen LogP contribution is 2.33. The number of imidazole rings is 2. The van der Waals surface area contributed by atoms with E-state index in [2.05, 4.69) is 74.5 Å². The number of para-hydroxylation sites is 2. The van der Waals surface area contributed by atoms with Crippen molar-refractivity contribution in [3.8, 4) is 22.7 Å². The maximum Gasteiger partial charge on any atom is 0.272 e. The van der Waals surface area contributed by atoms with E-state index in [1.54, 1.807) is 135 Å². The van der Waals surface area contributed by atoms with Crippen LogP contribution in [-0.4, -0.2) is 79.2 Å². The number of benzene rings is 8. The normalized spacial score (nSPS) is 12.1. The van der Waals surface area contributed by atoms with Crippen molar-refractivity contribution in [1.82, 2.24) is 88.7 Å².